The topological polar surface area (TPSA) is 64.9 Å². The van der Waals surface area contributed by atoms with Gasteiger partial charge in [-0.05, 0) is 56.2 Å². The molecule has 146 valence electrons. The number of aryl methyl sites for hydroxylation is 1. The van der Waals surface area contributed by atoms with Crippen LogP contribution >= 0.6 is 0 Å². The Morgan fingerprint density at radius 1 is 1.29 bits per heavy atom. The summed E-state index contributed by atoms with van der Waals surface area (Å²) in [4.78, 5) is 16.7. The van der Waals surface area contributed by atoms with Crippen molar-refractivity contribution < 1.29 is 14.3 Å². The molecule has 0 aliphatic rings. The fraction of sp³-hybridized carbons (Fsp3) is 0.273. The number of carbonyl (C=O) groups excluding carboxylic acids is 1. The number of nitrogens with one attached hydrogen (secondary N) is 1. The number of rotatable bonds is 7. The van der Waals surface area contributed by atoms with E-state index in [1.54, 1.807) is 13.2 Å². The molecule has 0 saturated heterocycles. The van der Waals surface area contributed by atoms with Gasteiger partial charge in [-0.3, -0.25) is 4.79 Å². The molecule has 1 amide bonds. The zero-order chi connectivity index (χ0) is 20.1. The Kier molecular flexibility index (Phi) is 5.99. The number of benzene rings is 1. The van der Waals surface area contributed by atoms with Crippen molar-refractivity contribution in [2.45, 2.75) is 33.4 Å². The molecule has 28 heavy (non-hydrogen) atoms. The molecule has 0 unspecified atom stereocenters. The van der Waals surface area contributed by atoms with Gasteiger partial charge in [0.1, 0.15) is 5.65 Å². The number of hydrogen-bond donors (Lipinski definition) is 1. The Bertz CT molecular complexity index is 1010. The molecule has 6 nitrogen and oxygen atoms in total. The van der Waals surface area contributed by atoms with Crippen LogP contribution in [-0.4, -0.2) is 28.5 Å². The number of fused-ring (bicyclic) bond motifs is 1. The van der Waals surface area contributed by atoms with E-state index in [0.29, 0.717) is 18.0 Å². The number of imidazole rings is 1. The van der Waals surface area contributed by atoms with Crippen LogP contribution in [-0.2, 0) is 11.3 Å². The van der Waals surface area contributed by atoms with Gasteiger partial charge in [0.15, 0.2) is 11.5 Å². The van der Waals surface area contributed by atoms with Gasteiger partial charge in [0.2, 0.25) is 5.91 Å². The van der Waals surface area contributed by atoms with Crippen molar-refractivity contribution >= 4 is 17.6 Å². The van der Waals surface area contributed by atoms with Crippen LogP contribution in [0.4, 0.5) is 0 Å². The SMILES string of the molecule is COc1cc(C=CC(=O)NCc2cn3cccc(C)c3n2)ccc1OC(C)C. The maximum Gasteiger partial charge on any atom is 0.244 e. The largest absolute Gasteiger partial charge is 0.493 e. The minimum Gasteiger partial charge on any atom is -0.493 e. The highest BCUT2D eigenvalue weighted by molar-refractivity contribution is 5.91. The quantitative estimate of drug-likeness (QED) is 0.635. The Morgan fingerprint density at radius 3 is 2.82 bits per heavy atom. The number of nitrogens with zero attached hydrogens (tertiary/aromatic N) is 2. The summed E-state index contributed by atoms with van der Waals surface area (Å²) in [6.45, 7) is 6.30. The first-order valence-corrected chi connectivity index (χ1v) is 9.20. The highest BCUT2D eigenvalue weighted by Crippen LogP contribution is 2.29. The minimum atomic E-state index is -0.185. The molecule has 0 bridgehead atoms. The van der Waals surface area contributed by atoms with E-state index in [4.69, 9.17) is 9.47 Å². The zero-order valence-electron chi connectivity index (χ0n) is 16.6. The molecule has 0 aliphatic heterocycles. The lowest BCUT2D eigenvalue weighted by Gasteiger charge is -2.13. The average Bonchev–Trinajstić information content (AvgIpc) is 3.09. The van der Waals surface area contributed by atoms with E-state index in [2.05, 4.69) is 10.3 Å². The Morgan fingerprint density at radius 2 is 2.11 bits per heavy atom. The first kappa shape index (κ1) is 19.5. The molecular formula is C22H25N3O3. The normalized spacial score (nSPS) is 11.3. The van der Waals surface area contributed by atoms with Gasteiger partial charge in [-0.15, -0.1) is 0 Å². The summed E-state index contributed by atoms with van der Waals surface area (Å²) in [7, 11) is 1.60. The van der Waals surface area contributed by atoms with Gasteiger partial charge >= 0.3 is 0 Å². The number of pyridine rings is 1. The lowest BCUT2D eigenvalue weighted by atomic mass is 10.2. The van der Waals surface area contributed by atoms with Crippen molar-refractivity contribution in [1.29, 1.82) is 0 Å². The Labute approximate surface area is 164 Å². The van der Waals surface area contributed by atoms with Crippen LogP contribution in [0.5, 0.6) is 11.5 Å². The second kappa shape index (κ2) is 8.61. The monoisotopic (exact) mass is 379 g/mol. The van der Waals surface area contributed by atoms with Crippen LogP contribution in [0.3, 0.4) is 0 Å². The summed E-state index contributed by atoms with van der Waals surface area (Å²) in [5, 5.41) is 2.86. The van der Waals surface area contributed by atoms with E-state index in [0.717, 1.165) is 22.5 Å². The van der Waals surface area contributed by atoms with E-state index in [9.17, 15) is 4.79 Å². The fourth-order valence-corrected chi connectivity index (χ4v) is 2.84. The van der Waals surface area contributed by atoms with E-state index in [-0.39, 0.29) is 12.0 Å². The molecule has 0 fully saturated rings. The van der Waals surface area contributed by atoms with Gasteiger partial charge in [-0.2, -0.15) is 0 Å². The summed E-state index contributed by atoms with van der Waals surface area (Å²) < 4.78 is 13.0. The first-order valence-electron chi connectivity index (χ1n) is 9.20. The van der Waals surface area contributed by atoms with Gasteiger partial charge in [-0.25, -0.2) is 4.98 Å². The van der Waals surface area contributed by atoms with E-state index in [1.165, 1.54) is 6.08 Å². The van der Waals surface area contributed by atoms with Crippen LogP contribution in [0.2, 0.25) is 0 Å². The molecule has 0 radical (unpaired) electrons. The summed E-state index contributed by atoms with van der Waals surface area (Å²) in [5.41, 5.74) is 3.66. The molecule has 2 aromatic heterocycles. The van der Waals surface area contributed by atoms with Crippen molar-refractivity contribution in [3.05, 3.63) is 65.6 Å². The van der Waals surface area contributed by atoms with Crippen molar-refractivity contribution in [1.82, 2.24) is 14.7 Å². The van der Waals surface area contributed by atoms with Gasteiger partial charge in [0.05, 0.1) is 25.5 Å². The van der Waals surface area contributed by atoms with Gasteiger partial charge in [-0.1, -0.05) is 12.1 Å². The van der Waals surface area contributed by atoms with Crippen molar-refractivity contribution in [2.24, 2.45) is 0 Å². The summed E-state index contributed by atoms with van der Waals surface area (Å²) in [6.07, 6.45) is 7.17. The summed E-state index contributed by atoms with van der Waals surface area (Å²) in [6, 6.07) is 9.55. The van der Waals surface area contributed by atoms with Crippen LogP contribution in [0.25, 0.3) is 11.7 Å². The molecule has 0 atom stereocenters. The van der Waals surface area contributed by atoms with E-state index < -0.39 is 0 Å². The molecule has 2 heterocycles. The smallest absolute Gasteiger partial charge is 0.244 e. The first-order chi connectivity index (χ1) is 13.5. The van der Waals surface area contributed by atoms with E-state index in [1.807, 2.05) is 67.9 Å². The second-order valence-electron chi connectivity index (χ2n) is 6.78. The third-order valence-electron chi connectivity index (χ3n) is 4.15. The molecule has 0 spiro atoms. The standard InChI is InChI=1S/C22H25N3O3/c1-15(2)28-19-9-7-17(12-20(19)27-4)8-10-21(26)23-13-18-14-25-11-5-6-16(3)22(25)24-18/h5-12,14-15H,13H2,1-4H3,(H,23,26). The molecule has 6 heteroatoms. The third kappa shape index (κ3) is 4.71. The number of carbonyl (C=O) groups is 1. The lowest BCUT2D eigenvalue weighted by molar-refractivity contribution is -0.116. The highest BCUT2D eigenvalue weighted by Gasteiger charge is 2.07. The predicted octanol–water partition coefficient (Wildman–Crippen LogP) is 3.77. The summed E-state index contributed by atoms with van der Waals surface area (Å²) >= 11 is 0. The van der Waals surface area contributed by atoms with Crippen LogP contribution in [0.15, 0.2) is 48.8 Å². The minimum absolute atomic E-state index is 0.0597. The number of methoxy groups -OCH3 is 1. The molecule has 1 aromatic carbocycles. The van der Waals surface area contributed by atoms with Gasteiger partial charge < -0.3 is 19.2 Å². The number of aromatic nitrogens is 2. The van der Waals surface area contributed by atoms with Crippen LogP contribution in [0.1, 0.15) is 30.7 Å². The fourth-order valence-electron chi connectivity index (χ4n) is 2.84. The Balaban J connectivity index is 1.62. The van der Waals surface area contributed by atoms with Crippen molar-refractivity contribution in [2.75, 3.05) is 7.11 Å². The third-order valence-corrected chi connectivity index (χ3v) is 4.15. The lowest BCUT2D eigenvalue weighted by Crippen LogP contribution is -2.20. The molecule has 0 saturated carbocycles. The highest BCUT2D eigenvalue weighted by atomic mass is 16.5. The van der Waals surface area contributed by atoms with Crippen molar-refractivity contribution in [3.8, 4) is 11.5 Å². The average molecular weight is 379 g/mol. The number of ether oxygens (including phenoxy) is 2. The maximum atomic E-state index is 12.2. The molecule has 3 rings (SSSR count). The van der Waals surface area contributed by atoms with Gasteiger partial charge in [0, 0.05) is 18.5 Å². The second-order valence-corrected chi connectivity index (χ2v) is 6.78. The van der Waals surface area contributed by atoms with Crippen LogP contribution in [0, 0.1) is 6.92 Å². The molecule has 0 aliphatic carbocycles. The van der Waals surface area contributed by atoms with E-state index >= 15 is 0 Å². The molecular weight excluding hydrogens is 354 g/mol. The predicted molar refractivity (Wildman–Crippen MR) is 110 cm³/mol. The number of hydrogen-bond acceptors (Lipinski definition) is 4. The summed E-state index contributed by atoms with van der Waals surface area (Å²) in [5.74, 6) is 1.13. The molecule has 3 aromatic rings. The maximum absolute atomic E-state index is 12.2. The van der Waals surface area contributed by atoms with Crippen molar-refractivity contribution in [3.63, 3.8) is 0 Å². The number of amides is 1. The zero-order valence-corrected chi connectivity index (χ0v) is 16.6. The van der Waals surface area contributed by atoms with Gasteiger partial charge in [0.25, 0.3) is 0 Å². The molecule has 1 N–H and O–H groups in total. The Hall–Kier alpha value is -3.28. The van der Waals surface area contributed by atoms with Crippen LogP contribution < -0.4 is 14.8 Å².